The molecule has 0 radical (unpaired) electrons. The van der Waals surface area contributed by atoms with Crippen LogP contribution >= 0.6 is 0 Å². The van der Waals surface area contributed by atoms with Gasteiger partial charge < -0.3 is 25.6 Å². The Balaban J connectivity index is 1.05. The lowest BCUT2D eigenvalue weighted by Gasteiger charge is -2.33. The fourth-order valence-corrected chi connectivity index (χ4v) is 7.74. The first-order valence-corrected chi connectivity index (χ1v) is 15.9. The van der Waals surface area contributed by atoms with E-state index in [-0.39, 0.29) is 29.5 Å². The van der Waals surface area contributed by atoms with Gasteiger partial charge in [0.05, 0.1) is 29.5 Å². The summed E-state index contributed by atoms with van der Waals surface area (Å²) >= 11 is 0. The molecular weight excluding hydrogens is 542 g/mol. The van der Waals surface area contributed by atoms with E-state index in [1.807, 2.05) is 30.3 Å². The summed E-state index contributed by atoms with van der Waals surface area (Å²) in [6.45, 7) is 0.906. The number of carbonyl (C=O) groups excluding carboxylic acids is 1. The largest absolute Gasteiger partial charge is 0.497 e. The minimum Gasteiger partial charge on any atom is -0.497 e. The summed E-state index contributed by atoms with van der Waals surface area (Å²) in [5.74, 6) is 3.96. The monoisotopic (exact) mass is 573 g/mol. The third kappa shape index (κ3) is 4.06. The van der Waals surface area contributed by atoms with Crippen LogP contribution in [0.15, 0.2) is 53.3 Å². The minimum absolute atomic E-state index is 0.0436. The van der Waals surface area contributed by atoms with Gasteiger partial charge in [0.2, 0.25) is 5.91 Å². The number of amidine groups is 1. The summed E-state index contributed by atoms with van der Waals surface area (Å²) in [5.41, 5.74) is 3.29. The van der Waals surface area contributed by atoms with Crippen molar-refractivity contribution in [1.29, 1.82) is 0 Å². The van der Waals surface area contributed by atoms with Crippen molar-refractivity contribution in [2.45, 2.75) is 36.8 Å². The minimum atomic E-state index is -2.97. The number of fused-ring (bicyclic) bond motifs is 3. The molecule has 3 aromatic rings. The molecule has 2 saturated carbocycles. The van der Waals surface area contributed by atoms with Crippen molar-refractivity contribution in [1.82, 2.24) is 20.4 Å². The average molecular weight is 574 g/mol. The molecule has 2 aliphatic carbocycles. The molecule has 3 aliphatic heterocycles. The van der Waals surface area contributed by atoms with Gasteiger partial charge >= 0.3 is 0 Å². The number of hydrogen-bond donors (Lipinski definition) is 4. The highest BCUT2D eigenvalue weighted by atomic mass is 32.2. The normalized spacial score (nSPS) is 28.0. The molecule has 3 atom stereocenters. The van der Waals surface area contributed by atoms with Crippen LogP contribution in [0.5, 0.6) is 5.75 Å². The molecule has 0 bridgehead atoms. The molecule has 1 amide bonds. The molecule has 4 N–H and O–H groups in total. The predicted octanol–water partition coefficient (Wildman–Crippen LogP) is 2.67. The molecular formula is C29H31N7O4S. The van der Waals surface area contributed by atoms with Crippen LogP contribution in [-0.2, 0) is 20.0 Å². The van der Waals surface area contributed by atoms with Crippen LogP contribution in [-0.4, -0.2) is 73.1 Å². The Kier molecular flexibility index (Phi) is 5.26. The number of ether oxygens (including phenoxy) is 1. The Morgan fingerprint density at radius 2 is 1.95 bits per heavy atom. The number of amides is 1. The summed E-state index contributed by atoms with van der Waals surface area (Å²) in [7, 11) is -1.34. The van der Waals surface area contributed by atoms with Crippen molar-refractivity contribution in [3.05, 3.63) is 59.4 Å². The van der Waals surface area contributed by atoms with E-state index >= 15 is 0 Å². The zero-order valence-electron chi connectivity index (χ0n) is 22.6. The zero-order valence-corrected chi connectivity index (χ0v) is 23.4. The number of aliphatic imine (C=N–C) groups is 1. The summed E-state index contributed by atoms with van der Waals surface area (Å²) in [6, 6.07) is 12.0. The molecule has 4 heterocycles. The highest BCUT2D eigenvalue weighted by molar-refractivity contribution is 7.91. The number of rotatable bonds is 5. The second kappa shape index (κ2) is 8.72. The first kappa shape index (κ1) is 24.7. The SMILES string of the molecule is COc1ccc2c(c1)[C@]1(C[C@H]1c1ccc3c(NC4=CC(N5CCS(=O)(=O)CC5)=NC(C5CC5)N4)n[nH]c3c1)C(=O)N2. The van der Waals surface area contributed by atoms with Crippen molar-refractivity contribution < 1.29 is 17.9 Å². The molecule has 1 spiro atoms. The van der Waals surface area contributed by atoms with Gasteiger partial charge in [0.1, 0.15) is 23.6 Å². The van der Waals surface area contributed by atoms with E-state index in [9.17, 15) is 13.2 Å². The van der Waals surface area contributed by atoms with Crippen LogP contribution in [0.1, 0.15) is 36.3 Å². The number of anilines is 2. The Labute approximate surface area is 237 Å². The summed E-state index contributed by atoms with van der Waals surface area (Å²) < 4.78 is 29.3. The number of methoxy groups -OCH3 is 1. The van der Waals surface area contributed by atoms with E-state index in [0.29, 0.717) is 24.8 Å². The first-order valence-electron chi connectivity index (χ1n) is 14.1. The number of sulfone groups is 1. The van der Waals surface area contributed by atoms with E-state index in [1.54, 1.807) is 7.11 Å². The Morgan fingerprint density at radius 1 is 1.12 bits per heavy atom. The smallest absolute Gasteiger partial charge is 0.235 e. The van der Waals surface area contributed by atoms with Crippen LogP contribution in [0.25, 0.3) is 10.9 Å². The maximum absolute atomic E-state index is 13.1. The van der Waals surface area contributed by atoms with E-state index < -0.39 is 15.3 Å². The first-order chi connectivity index (χ1) is 19.8. The van der Waals surface area contributed by atoms with Crippen LogP contribution in [0.2, 0.25) is 0 Å². The van der Waals surface area contributed by atoms with Gasteiger partial charge in [-0.25, -0.2) is 13.4 Å². The number of aromatic amines is 1. The zero-order chi connectivity index (χ0) is 27.9. The van der Waals surface area contributed by atoms with Crippen LogP contribution in [0.3, 0.4) is 0 Å². The van der Waals surface area contributed by atoms with Gasteiger partial charge in [0, 0.05) is 36.2 Å². The maximum Gasteiger partial charge on any atom is 0.235 e. The van der Waals surface area contributed by atoms with Gasteiger partial charge in [-0.3, -0.25) is 9.89 Å². The second-order valence-electron chi connectivity index (χ2n) is 11.7. The lowest BCUT2D eigenvalue weighted by Crippen LogP contribution is -2.47. The summed E-state index contributed by atoms with van der Waals surface area (Å²) in [6.07, 6.45) is 4.91. The number of hydrogen-bond acceptors (Lipinski definition) is 9. The fraction of sp³-hybridized carbons (Fsp3) is 0.414. The van der Waals surface area contributed by atoms with Gasteiger partial charge in [-0.2, -0.15) is 5.10 Å². The number of H-pyrrole nitrogens is 1. The van der Waals surface area contributed by atoms with E-state index in [1.165, 1.54) is 0 Å². The van der Waals surface area contributed by atoms with Gasteiger partial charge in [-0.05, 0) is 66.6 Å². The predicted molar refractivity (Wildman–Crippen MR) is 156 cm³/mol. The Hall–Kier alpha value is -4.06. The molecule has 1 unspecified atom stereocenters. The van der Waals surface area contributed by atoms with Crippen molar-refractivity contribution in [2.75, 3.05) is 42.3 Å². The summed E-state index contributed by atoms with van der Waals surface area (Å²) in [4.78, 5) is 20.1. The van der Waals surface area contributed by atoms with Crippen LogP contribution < -0.4 is 20.7 Å². The van der Waals surface area contributed by atoms with Crippen LogP contribution in [0, 0.1) is 5.92 Å². The number of benzene rings is 2. The quantitative estimate of drug-likeness (QED) is 0.365. The lowest BCUT2D eigenvalue weighted by molar-refractivity contribution is -0.118. The molecule has 2 aromatic carbocycles. The molecule has 1 aromatic heterocycles. The molecule has 3 fully saturated rings. The van der Waals surface area contributed by atoms with Crippen molar-refractivity contribution in [3.63, 3.8) is 0 Å². The molecule has 41 heavy (non-hydrogen) atoms. The van der Waals surface area contributed by atoms with Crippen molar-refractivity contribution in [3.8, 4) is 5.75 Å². The molecule has 11 nitrogen and oxygen atoms in total. The second-order valence-corrected chi connectivity index (χ2v) is 14.0. The van der Waals surface area contributed by atoms with E-state index in [0.717, 1.165) is 64.4 Å². The fourth-order valence-electron chi connectivity index (χ4n) is 6.54. The van der Waals surface area contributed by atoms with Gasteiger partial charge in [-0.15, -0.1) is 0 Å². The molecule has 8 rings (SSSR count). The number of carbonyl (C=O) groups is 1. The van der Waals surface area contributed by atoms with Gasteiger partial charge in [0.25, 0.3) is 0 Å². The third-order valence-electron chi connectivity index (χ3n) is 9.15. The Morgan fingerprint density at radius 3 is 2.73 bits per heavy atom. The molecule has 5 aliphatic rings. The Bertz CT molecular complexity index is 1760. The van der Waals surface area contributed by atoms with Crippen molar-refractivity contribution in [2.24, 2.45) is 10.9 Å². The van der Waals surface area contributed by atoms with E-state index in [4.69, 9.17) is 9.73 Å². The molecule has 212 valence electrons. The number of nitrogens with zero attached hydrogens (tertiary/aromatic N) is 3. The lowest BCUT2D eigenvalue weighted by atomic mass is 9.91. The van der Waals surface area contributed by atoms with Gasteiger partial charge in [0.15, 0.2) is 15.7 Å². The topological polar surface area (TPSA) is 141 Å². The van der Waals surface area contributed by atoms with Crippen molar-refractivity contribution >= 4 is 44.0 Å². The molecule has 1 saturated heterocycles. The molecule has 12 heteroatoms. The average Bonchev–Trinajstić information content (AvgIpc) is 3.88. The number of aromatic nitrogens is 2. The highest BCUT2D eigenvalue weighted by Gasteiger charge is 2.65. The standard InChI is InChI=1S/C29H31N7O4S/c1-40-18-5-7-22-20(13-18)29(28(37)30-22)15-21(29)17-4-6-19-23(12-17)34-35-27(19)32-24-14-25(33-26(31-24)16-2-3-16)36-8-10-41(38,39)11-9-36/h4-7,12-14,16,21,26,31H,2-3,8-11,15H2,1H3,(H,30,37)(H2,32,34,35)/t21-,26?,29-/m0/s1. The maximum atomic E-state index is 13.1. The summed E-state index contributed by atoms with van der Waals surface area (Å²) in [5, 5.41) is 18.7. The van der Waals surface area contributed by atoms with Crippen LogP contribution in [0.4, 0.5) is 11.5 Å². The third-order valence-corrected chi connectivity index (χ3v) is 10.8. The highest BCUT2D eigenvalue weighted by Crippen LogP contribution is 2.65. The number of nitrogens with one attached hydrogen (secondary N) is 4. The van der Waals surface area contributed by atoms with Gasteiger partial charge in [-0.1, -0.05) is 6.07 Å². The van der Waals surface area contributed by atoms with E-state index in [2.05, 4.69) is 43.2 Å².